The average Bonchev–Trinajstić information content (AvgIpc) is 2.73. The van der Waals surface area contributed by atoms with Gasteiger partial charge in [-0.1, -0.05) is 23.7 Å². The van der Waals surface area contributed by atoms with Gasteiger partial charge in [-0.15, -0.1) is 0 Å². The third-order valence-corrected chi connectivity index (χ3v) is 5.17. The monoisotopic (exact) mass is 422 g/mol. The number of methoxy groups -OCH3 is 1. The molecule has 0 unspecified atom stereocenters. The smallest absolute Gasteiger partial charge is 0.326 e. The number of phenolic OH excluding ortho intramolecular Hbond substituents is 1. The molecule has 4 aromatic rings. The Morgan fingerprint density at radius 3 is 2.53 bits per heavy atom. The molecule has 0 aliphatic heterocycles. The molecular weight excluding hydrogens is 404 g/mol. The number of carboxylic acid groups (broad SMARTS) is 1. The van der Waals surface area contributed by atoms with Gasteiger partial charge in [0.15, 0.2) is 0 Å². The number of ether oxygens (including phenoxy) is 1. The van der Waals surface area contributed by atoms with Gasteiger partial charge in [-0.05, 0) is 54.1 Å². The average molecular weight is 423 g/mol. The summed E-state index contributed by atoms with van der Waals surface area (Å²) in [6, 6.07) is 16.4. The Hall–Kier alpha value is -3.51. The molecule has 30 heavy (non-hydrogen) atoms. The number of anilines is 1. The molecule has 0 fully saturated rings. The first-order chi connectivity index (χ1) is 14.4. The van der Waals surface area contributed by atoms with E-state index in [0.29, 0.717) is 27.5 Å². The predicted octanol–water partition coefficient (Wildman–Crippen LogP) is 4.86. The highest BCUT2D eigenvalue weighted by Crippen LogP contribution is 2.35. The molecule has 0 aliphatic carbocycles. The number of nitrogens with zero attached hydrogens (tertiary/aromatic N) is 1. The number of aliphatic carboxylic acids is 1. The summed E-state index contributed by atoms with van der Waals surface area (Å²) >= 11 is 6.15. The van der Waals surface area contributed by atoms with Crippen LogP contribution in [0.5, 0.6) is 11.5 Å². The zero-order chi connectivity index (χ0) is 21.3. The number of carboxylic acids is 1. The third kappa shape index (κ3) is 3.95. The van der Waals surface area contributed by atoms with E-state index < -0.39 is 12.0 Å². The molecule has 0 spiro atoms. The van der Waals surface area contributed by atoms with Crippen molar-refractivity contribution < 1.29 is 19.7 Å². The fourth-order valence-electron chi connectivity index (χ4n) is 3.42. The van der Waals surface area contributed by atoms with Gasteiger partial charge < -0.3 is 20.3 Å². The highest BCUT2D eigenvalue weighted by Gasteiger charge is 2.21. The minimum absolute atomic E-state index is 0.133. The molecule has 6 nitrogen and oxygen atoms in total. The quantitative estimate of drug-likeness (QED) is 0.384. The Morgan fingerprint density at radius 2 is 1.83 bits per heavy atom. The maximum absolute atomic E-state index is 12.1. The molecule has 0 amide bonds. The number of halogens is 1. The van der Waals surface area contributed by atoms with E-state index in [1.54, 1.807) is 49.6 Å². The van der Waals surface area contributed by atoms with Crippen LogP contribution in [-0.4, -0.2) is 34.3 Å². The summed E-state index contributed by atoms with van der Waals surface area (Å²) < 4.78 is 5.35. The molecule has 7 heteroatoms. The number of rotatable bonds is 6. The van der Waals surface area contributed by atoms with E-state index in [0.717, 1.165) is 16.3 Å². The molecular formula is C23H19ClN2O4. The van der Waals surface area contributed by atoms with Gasteiger partial charge in [-0.2, -0.15) is 0 Å². The molecule has 1 aromatic heterocycles. The number of aromatic hydroxyl groups is 1. The van der Waals surface area contributed by atoms with Crippen LogP contribution in [-0.2, 0) is 11.2 Å². The van der Waals surface area contributed by atoms with Gasteiger partial charge >= 0.3 is 5.97 Å². The van der Waals surface area contributed by atoms with Crippen molar-refractivity contribution in [3.8, 4) is 11.5 Å². The van der Waals surface area contributed by atoms with Gasteiger partial charge in [0.25, 0.3) is 0 Å². The summed E-state index contributed by atoms with van der Waals surface area (Å²) in [6.07, 6.45) is 0.235. The van der Waals surface area contributed by atoms with Crippen LogP contribution in [0.15, 0.2) is 60.7 Å². The Balaban J connectivity index is 1.84. The lowest BCUT2D eigenvalue weighted by molar-refractivity contribution is -0.137. The highest BCUT2D eigenvalue weighted by molar-refractivity contribution is 6.31. The number of nitrogens with one attached hydrogen (secondary N) is 1. The van der Waals surface area contributed by atoms with Crippen LogP contribution in [0, 0.1) is 0 Å². The van der Waals surface area contributed by atoms with Crippen LogP contribution < -0.4 is 10.1 Å². The van der Waals surface area contributed by atoms with Crippen molar-refractivity contribution in [2.75, 3.05) is 12.4 Å². The number of carbonyl (C=O) groups is 1. The predicted molar refractivity (Wildman–Crippen MR) is 118 cm³/mol. The van der Waals surface area contributed by atoms with E-state index in [1.807, 2.05) is 18.2 Å². The fourth-order valence-corrected chi connectivity index (χ4v) is 3.59. The van der Waals surface area contributed by atoms with Crippen molar-refractivity contribution in [2.24, 2.45) is 0 Å². The lowest BCUT2D eigenvalue weighted by Crippen LogP contribution is -2.31. The number of phenols is 1. The van der Waals surface area contributed by atoms with Gasteiger partial charge in [-0.25, -0.2) is 9.78 Å². The fraction of sp³-hybridized carbons (Fsp3) is 0.130. The highest BCUT2D eigenvalue weighted by atomic mass is 35.5. The molecule has 0 aliphatic rings. The van der Waals surface area contributed by atoms with Crippen LogP contribution in [0.25, 0.3) is 21.8 Å². The second-order valence-corrected chi connectivity index (χ2v) is 7.37. The Labute approximate surface area is 177 Å². The summed E-state index contributed by atoms with van der Waals surface area (Å²) in [7, 11) is 1.58. The number of hydrogen-bond acceptors (Lipinski definition) is 5. The first-order valence-corrected chi connectivity index (χ1v) is 9.66. The van der Waals surface area contributed by atoms with Gasteiger partial charge in [0, 0.05) is 22.2 Å². The maximum Gasteiger partial charge on any atom is 0.326 e. The van der Waals surface area contributed by atoms with Crippen LogP contribution in [0.3, 0.4) is 0 Å². The summed E-state index contributed by atoms with van der Waals surface area (Å²) in [6.45, 7) is 0. The number of aromatic nitrogens is 1. The van der Waals surface area contributed by atoms with Crippen molar-refractivity contribution in [3.05, 3.63) is 71.2 Å². The maximum atomic E-state index is 12.1. The van der Waals surface area contributed by atoms with Crippen molar-refractivity contribution >= 4 is 45.1 Å². The van der Waals surface area contributed by atoms with Crippen molar-refractivity contribution in [1.29, 1.82) is 0 Å². The molecule has 0 saturated heterocycles. The molecule has 3 aromatic carbocycles. The lowest BCUT2D eigenvalue weighted by Gasteiger charge is -2.20. The van der Waals surface area contributed by atoms with Crippen molar-refractivity contribution in [3.63, 3.8) is 0 Å². The van der Waals surface area contributed by atoms with E-state index >= 15 is 0 Å². The largest absolute Gasteiger partial charge is 0.508 e. The van der Waals surface area contributed by atoms with Crippen LogP contribution in [0.2, 0.25) is 5.02 Å². The Kier molecular flexibility index (Phi) is 5.33. The van der Waals surface area contributed by atoms with E-state index in [9.17, 15) is 15.0 Å². The SMILES string of the molecule is COc1ccc2nc3cc(Cl)ccc3c(N[C@H](Cc3ccc(O)cc3)C(=O)O)c2c1. The Morgan fingerprint density at radius 1 is 1.07 bits per heavy atom. The summed E-state index contributed by atoms with van der Waals surface area (Å²) in [5, 5.41) is 24.6. The number of benzene rings is 3. The molecule has 0 bridgehead atoms. The van der Waals surface area contributed by atoms with E-state index in [2.05, 4.69) is 10.3 Å². The standard InChI is InChI=1S/C23H19ClN2O4/c1-30-16-7-9-19-18(12-16)22(17-8-4-14(24)11-20(17)25-19)26-21(23(28)29)10-13-2-5-15(27)6-3-13/h2-9,11-12,21,27H,10H2,1H3,(H,25,26)(H,28,29)/t21-/m1/s1. The van der Waals surface area contributed by atoms with E-state index in [4.69, 9.17) is 16.3 Å². The normalized spacial score (nSPS) is 12.1. The molecule has 3 N–H and O–H groups in total. The van der Waals surface area contributed by atoms with Crippen LogP contribution in [0.4, 0.5) is 5.69 Å². The number of hydrogen-bond donors (Lipinski definition) is 3. The molecule has 0 saturated carbocycles. The Bertz CT molecular complexity index is 1240. The van der Waals surface area contributed by atoms with Crippen LogP contribution >= 0.6 is 11.6 Å². The summed E-state index contributed by atoms with van der Waals surface area (Å²) in [5.41, 5.74) is 2.80. The molecule has 152 valence electrons. The van der Waals surface area contributed by atoms with Gasteiger partial charge in [0.2, 0.25) is 0 Å². The third-order valence-electron chi connectivity index (χ3n) is 4.94. The van der Waals surface area contributed by atoms with Crippen molar-refractivity contribution in [2.45, 2.75) is 12.5 Å². The lowest BCUT2D eigenvalue weighted by atomic mass is 10.0. The molecule has 1 atom stereocenters. The molecule has 4 rings (SSSR count). The molecule has 0 radical (unpaired) electrons. The molecule has 1 heterocycles. The van der Waals surface area contributed by atoms with E-state index in [-0.39, 0.29) is 12.2 Å². The topological polar surface area (TPSA) is 91.7 Å². The van der Waals surface area contributed by atoms with Gasteiger partial charge in [-0.3, -0.25) is 0 Å². The second-order valence-electron chi connectivity index (χ2n) is 6.94. The van der Waals surface area contributed by atoms with Crippen molar-refractivity contribution in [1.82, 2.24) is 4.98 Å². The van der Waals surface area contributed by atoms with E-state index in [1.165, 1.54) is 0 Å². The van der Waals surface area contributed by atoms with Gasteiger partial charge in [0.1, 0.15) is 17.5 Å². The first-order valence-electron chi connectivity index (χ1n) is 9.29. The second kappa shape index (κ2) is 8.08. The minimum Gasteiger partial charge on any atom is -0.508 e. The summed E-state index contributed by atoms with van der Waals surface area (Å²) in [5.74, 6) is -0.210. The zero-order valence-electron chi connectivity index (χ0n) is 16.1. The first kappa shape index (κ1) is 19.8. The van der Waals surface area contributed by atoms with Gasteiger partial charge in [0.05, 0.1) is 23.8 Å². The number of pyridine rings is 1. The van der Waals surface area contributed by atoms with Crippen LogP contribution in [0.1, 0.15) is 5.56 Å². The zero-order valence-corrected chi connectivity index (χ0v) is 16.8. The number of fused-ring (bicyclic) bond motifs is 2. The summed E-state index contributed by atoms with van der Waals surface area (Å²) in [4.78, 5) is 16.7. The minimum atomic E-state index is -0.988.